The van der Waals surface area contributed by atoms with Gasteiger partial charge in [-0.1, -0.05) is 25.0 Å². The van der Waals surface area contributed by atoms with Crippen molar-refractivity contribution in [2.24, 2.45) is 17.3 Å². The van der Waals surface area contributed by atoms with Gasteiger partial charge < -0.3 is 9.47 Å². The van der Waals surface area contributed by atoms with Crippen molar-refractivity contribution in [2.45, 2.75) is 51.7 Å². The van der Waals surface area contributed by atoms with Gasteiger partial charge in [0.2, 0.25) is 0 Å². The predicted octanol–water partition coefficient (Wildman–Crippen LogP) is 3.77. The summed E-state index contributed by atoms with van der Waals surface area (Å²) in [5.74, 6) is 1.35. The van der Waals surface area contributed by atoms with E-state index >= 15 is 0 Å². The van der Waals surface area contributed by atoms with Crippen molar-refractivity contribution in [1.82, 2.24) is 0 Å². The molecule has 0 aliphatic heterocycles. The molecule has 1 unspecified atom stereocenters. The van der Waals surface area contributed by atoms with Crippen LogP contribution in [0.2, 0.25) is 0 Å². The SMILES string of the molecule is C=C(C)C1CC[C@H]2CCCC[C@@]12C(OC)OC. The summed E-state index contributed by atoms with van der Waals surface area (Å²) in [7, 11) is 3.56. The summed E-state index contributed by atoms with van der Waals surface area (Å²) in [6, 6.07) is 0. The molecule has 2 saturated carbocycles. The summed E-state index contributed by atoms with van der Waals surface area (Å²) in [6.07, 6.45) is 7.79. The van der Waals surface area contributed by atoms with Gasteiger partial charge in [-0.2, -0.15) is 0 Å². The molecule has 0 aromatic heterocycles. The largest absolute Gasteiger partial charge is 0.355 e. The topological polar surface area (TPSA) is 18.5 Å². The zero-order valence-corrected chi connectivity index (χ0v) is 11.5. The number of hydrogen-bond donors (Lipinski definition) is 0. The molecule has 2 nitrogen and oxygen atoms in total. The summed E-state index contributed by atoms with van der Waals surface area (Å²) >= 11 is 0. The molecule has 2 heteroatoms. The van der Waals surface area contributed by atoms with Crippen LogP contribution in [-0.2, 0) is 9.47 Å². The van der Waals surface area contributed by atoms with Crippen molar-refractivity contribution >= 4 is 0 Å². The van der Waals surface area contributed by atoms with Crippen LogP contribution in [0.15, 0.2) is 12.2 Å². The molecule has 2 rings (SSSR count). The van der Waals surface area contributed by atoms with E-state index in [1.54, 1.807) is 14.2 Å². The average Bonchev–Trinajstić information content (AvgIpc) is 2.70. The van der Waals surface area contributed by atoms with E-state index in [9.17, 15) is 0 Å². The molecule has 17 heavy (non-hydrogen) atoms. The minimum absolute atomic E-state index is 0.0583. The zero-order valence-electron chi connectivity index (χ0n) is 11.5. The minimum atomic E-state index is -0.0583. The molecule has 3 atom stereocenters. The van der Waals surface area contributed by atoms with Gasteiger partial charge in [0.25, 0.3) is 0 Å². The zero-order chi connectivity index (χ0) is 12.5. The summed E-state index contributed by atoms with van der Waals surface area (Å²) in [4.78, 5) is 0. The van der Waals surface area contributed by atoms with Crippen LogP contribution in [0.1, 0.15) is 45.4 Å². The number of ether oxygens (including phenoxy) is 2. The molecular formula is C15H26O2. The smallest absolute Gasteiger partial charge is 0.163 e. The Hall–Kier alpha value is -0.340. The average molecular weight is 238 g/mol. The molecule has 2 aliphatic carbocycles. The molecule has 0 radical (unpaired) electrons. The Labute approximate surface area is 105 Å². The Morgan fingerprint density at radius 2 is 1.88 bits per heavy atom. The van der Waals surface area contributed by atoms with E-state index in [0.717, 1.165) is 5.92 Å². The molecule has 0 N–H and O–H groups in total. The van der Waals surface area contributed by atoms with Gasteiger partial charge in [0.1, 0.15) is 0 Å². The second-order valence-corrected chi connectivity index (χ2v) is 5.83. The van der Waals surface area contributed by atoms with Crippen LogP contribution in [0.25, 0.3) is 0 Å². The lowest BCUT2D eigenvalue weighted by molar-refractivity contribution is -0.209. The van der Waals surface area contributed by atoms with Crippen LogP contribution in [0, 0.1) is 17.3 Å². The molecule has 0 bridgehead atoms. The Kier molecular flexibility index (Phi) is 3.94. The van der Waals surface area contributed by atoms with Crippen molar-refractivity contribution in [3.63, 3.8) is 0 Å². The van der Waals surface area contributed by atoms with E-state index in [2.05, 4.69) is 13.5 Å². The maximum Gasteiger partial charge on any atom is 0.163 e. The number of methoxy groups -OCH3 is 2. The third-order valence-electron chi connectivity index (χ3n) is 5.09. The number of allylic oxidation sites excluding steroid dienone is 1. The van der Waals surface area contributed by atoms with Crippen molar-refractivity contribution < 1.29 is 9.47 Å². The van der Waals surface area contributed by atoms with E-state index < -0.39 is 0 Å². The van der Waals surface area contributed by atoms with E-state index in [1.165, 1.54) is 44.1 Å². The van der Waals surface area contributed by atoms with Crippen molar-refractivity contribution in [1.29, 1.82) is 0 Å². The standard InChI is InChI=1S/C15H26O2/c1-11(2)13-9-8-12-7-5-6-10-15(12,13)14(16-3)17-4/h12-14H,1,5-10H2,2-4H3/t12-,13?,15+/m1/s1. The van der Waals surface area contributed by atoms with E-state index in [0.29, 0.717) is 5.92 Å². The van der Waals surface area contributed by atoms with Crippen LogP contribution in [0.5, 0.6) is 0 Å². The van der Waals surface area contributed by atoms with Gasteiger partial charge in [-0.15, -0.1) is 0 Å². The summed E-state index contributed by atoms with van der Waals surface area (Å²) in [6.45, 7) is 6.39. The molecule has 0 aromatic rings. The predicted molar refractivity (Wildman–Crippen MR) is 69.7 cm³/mol. The van der Waals surface area contributed by atoms with Crippen molar-refractivity contribution in [3.8, 4) is 0 Å². The molecule has 2 aliphatic rings. The van der Waals surface area contributed by atoms with Crippen LogP contribution >= 0.6 is 0 Å². The Morgan fingerprint density at radius 3 is 2.47 bits per heavy atom. The second kappa shape index (κ2) is 5.11. The molecule has 0 aromatic carbocycles. The van der Waals surface area contributed by atoms with Gasteiger partial charge in [0.15, 0.2) is 6.29 Å². The third-order valence-corrected chi connectivity index (χ3v) is 5.09. The maximum absolute atomic E-state index is 5.66. The fourth-order valence-electron chi connectivity index (χ4n) is 4.52. The third kappa shape index (κ3) is 1.96. The monoisotopic (exact) mass is 238 g/mol. The van der Waals surface area contributed by atoms with Gasteiger partial charge in [0.05, 0.1) is 0 Å². The van der Waals surface area contributed by atoms with Gasteiger partial charge in [-0.05, 0) is 44.4 Å². The Bertz CT molecular complexity index is 283. The molecule has 0 amide bonds. The first-order valence-corrected chi connectivity index (χ1v) is 6.87. The van der Waals surface area contributed by atoms with Crippen molar-refractivity contribution in [2.75, 3.05) is 14.2 Å². The second-order valence-electron chi connectivity index (χ2n) is 5.83. The minimum Gasteiger partial charge on any atom is -0.355 e. The molecule has 98 valence electrons. The number of rotatable bonds is 4. The molecule has 0 saturated heterocycles. The van der Waals surface area contributed by atoms with Crippen LogP contribution in [-0.4, -0.2) is 20.5 Å². The van der Waals surface area contributed by atoms with Crippen LogP contribution in [0.3, 0.4) is 0 Å². The Morgan fingerprint density at radius 1 is 1.18 bits per heavy atom. The summed E-state index contributed by atoms with van der Waals surface area (Å²) in [5.41, 5.74) is 1.52. The van der Waals surface area contributed by atoms with Gasteiger partial charge in [0, 0.05) is 19.6 Å². The van der Waals surface area contributed by atoms with E-state index in [-0.39, 0.29) is 11.7 Å². The number of hydrogen-bond acceptors (Lipinski definition) is 2. The fraction of sp³-hybridized carbons (Fsp3) is 0.867. The first-order valence-electron chi connectivity index (χ1n) is 6.87. The van der Waals surface area contributed by atoms with E-state index in [1.807, 2.05) is 0 Å². The fourth-order valence-corrected chi connectivity index (χ4v) is 4.52. The molecule has 2 fully saturated rings. The van der Waals surface area contributed by atoms with Crippen LogP contribution < -0.4 is 0 Å². The first-order chi connectivity index (χ1) is 8.16. The lowest BCUT2D eigenvalue weighted by atomic mass is 9.62. The van der Waals surface area contributed by atoms with Gasteiger partial charge in [-0.3, -0.25) is 0 Å². The van der Waals surface area contributed by atoms with E-state index in [4.69, 9.17) is 9.47 Å². The highest BCUT2D eigenvalue weighted by Crippen LogP contribution is 2.60. The Balaban J connectivity index is 2.34. The highest BCUT2D eigenvalue weighted by molar-refractivity contribution is 5.13. The highest BCUT2D eigenvalue weighted by atomic mass is 16.7. The normalized spacial score (nSPS) is 37.2. The number of fused-ring (bicyclic) bond motifs is 1. The summed E-state index contributed by atoms with van der Waals surface area (Å²) < 4.78 is 11.3. The van der Waals surface area contributed by atoms with Gasteiger partial charge >= 0.3 is 0 Å². The first kappa shape index (κ1) is 13.1. The lowest BCUT2D eigenvalue weighted by Gasteiger charge is -2.47. The highest BCUT2D eigenvalue weighted by Gasteiger charge is 2.56. The molecule has 0 spiro atoms. The van der Waals surface area contributed by atoms with Crippen molar-refractivity contribution in [3.05, 3.63) is 12.2 Å². The summed E-state index contributed by atoms with van der Waals surface area (Å²) in [5, 5.41) is 0. The molecular weight excluding hydrogens is 212 g/mol. The lowest BCUT2D eigenvalue weighted by Crippen LogP contribution is -2.47. The van der Waals surface area contributed by atoms with Crippen LogP contribution in [0.4, 0.5) is 0 Å². The maximum atomic E-state index is 5.66. The quantitative estimate of drug-likeness (QED) is 0.548. The molecule has 0 heterocycles. The van der Waals surface area contributed by atoms with Gasteiger partial charge in [-0.25, -0.2) is 0 Å².